The maximum Gasteiger partial charge on any atom is 0.328 e. The lowest BCUT2D eigenvalue weighted by molar-refractivity contribution is -0.131. The van der Waals surface area contributed by atoms with Gasteiger partial charge in [-0.25, -0.2) is 4.79 Å². The molecule has 0 fully saturated rings. The predicted molar refractivity (Wildman–Crippen MR) is 67.5 cm³/mol. The summed E-state index contributed by atoms with van der Waals surface area (Å²) in [5.41, 5.74) is 1.25. The molecule has 4 heteroatoms. The molecule has 1 aromatic carbocycles. The van der Waals surface area contributed by atoms with Gasteiger partial charge >= 0.3 is 5.97 Å². The Kier molecular flexibility index (Phi) is 5.82. The van der Waals surface area contributed by atoms with E-state index in [1.54, 1.807) is 6.08 Å². The number of hydrogen-bond acceptors (Lipinski definition) is 2. The molecule has 0 atom stereocenters. The SMILES string of the molecule is O=C(O)/C=C/CNCCc1ccccc1Br. The molecule has 1 aromatic rings. The molecule has 0 bridgehead atoms. The Bertz CT molecular complexity index is 377. The molecule has 0 aliphatic rings. The summed E-state index contributed by atoms with van der Waals surface area (Å²) in [5, 5.41) is 11.5. The van der Waals surface area contributed by atoms with Crippen molar-refractivity contribution in [1.29, 1.82) is 0 Å². The lowest BCUT2D eigenvalue weighted by atomic mass is 10.1. The van der Waals surface area contributed by atoms with Crippen LogP contribution in [0.5, 0.6) is 0 Å². The van der Waals surface area contributed by atoms with E-state index in [1.807, 2.05) is 18.2 Å². The van der Waals surface area contributed by atoms with Gasteiger partial charge in [-0.2, -0.15) is 0 Å². The Labute approximate surface area is 103 Å². The van der Waals surface area contributed by atoms with Crippen molar-refractivity contribution in [2.45, 2.75) is 6.42 Å². The van der Waals surface area contributed by atoms with Gasteiger partial charge in [0.15, 0.2) is 0 Å². The predicted octanol–water partition coefficient (Wildman–Crippen LogP) is 2.22. The summed E-state index contributed by atoms with van der Waals surface area (Å²) in [6.07, 6.45) is 3.66. The van der Waals surface area contributed by atoms with E-state index in [-0.39, 0.29) is 0 Å². The monoisotopic (exact) mass is 283 g/mol. The summed E-state index contributed by atoms with van der Waals surface area (Å²) in [4.78, 5) is 10.2. The van der Waals surface area contributed by atoms with Crippen LogP contribution in [0.1, 0.15) is 5.56 Å². The first-order valence-corrected chi connectivity index (χ1v) is 5.83. The number of aliphatic carboxylic acids is 1. The highest BCUT2D eigenvalue weighted by atomic mass is 79.9. The van der Waals surface area contributed by atoms with Gasteiger partial charge in [-0.3, -0.25) is 0 Å². The fourth-order valence-electron chi connectivity index (χ4n) is 1.27. The molecule has 0 unspecified atom stereocenters. The number of halogens is 1. The first-order chi connectivity index (χ1) is 7.70. The second kappa shape index (κ2) is 7.19. The Morgan fingerprint density at radius 1 is 1.44 bits per heavy atom. The van der Waals surface area contributed by atoms with Crippen molar-refractivity contribution in [2.24, 2.45) is 0 Å². The quantitative estimate of drug-likeness (QED) is 0.622. The first-order valence-electron chi connectivity index (χ1n) is 5.03. The number of carboxylic acids is 1. The van der Waals surface area contributed by atoms with E-state index in [9.17, 15) is 4.79 Å². The molecule has 0 aliphatic heterocycles. The van der Waals surface area contributed by atoms with Gasteiger partial charge in [0.2, 0.25) is 0 Å². The second-order valence-corrected chi connectivity index (χ2v) is 4.14. The third-order valence-corrected chi connectivity index (χ3v) is 2.83. The van der Waals surface area contributed by atoms with Crippen molar-refractivity contribution < 1.29 is 9.90 Å². The van der Waals surface area contributed by atoms with Gasteiger partial charge in [-0.15, -0.1) is 0 Å². The molecule has 0 aromatic heterocycles. The van der Waals surface area contributed by atoms with E-state index in [0.717, 1.165) is 23.5 Å². The van der Waals surface area contributed by atoms with Crippen LogP contribution >= 0.6 is 15.9 Å². The molecule has 0 saturated carbocycles. The second-order valence-electron chi connectivity index (χ2n) is 3.29. The number of rotatable bonds is 6. The molecule has 0 spiro atoms. The van der Waals surface area contributed by atoms with Crippen LogP contribution in [0, 0.1) is 0 Å². The summed E-state index contributed by atoms with van der Waals surface area (Å²) in [7, 11) is 0. The van der Waals surface area contributed by atoms with Crippen molar-refractivity contribution in [2.75, 3.05) is 13.1 Å². The van der Waals surface area contributed by atoms with Gasteiger partial charge in [0.1, 0.15) is 0 Å². The van der Waals surface area contributed by atoms with Crippen LogP contribution in [-0.2, 0) is 11.2 Å². The minimum atomic E-state index is -0.910. The maximum absolute atomic E-state index is 10.2. The minimum absolute atomic E-state index is 0.580. The summed E-state index contributed by atoms with van der Waals surface area (Å²) in [6, 6.07) is 8.07. The molecular formula is C12H14BrNO2. The molecule has 0 amide bonds. The average molecular weight is 284 g/mol. The molecule has 3 nitrogen and oxygen atoms in total. The molecule has 86 valence electrons. The fourth-order valence-corrected chi connectivity index (χ4v) is 1.75. The zero-order valence-corrected chi connectivity index (χ0v) is 10.4. The number of carboxylic acid groups (broad SMARTS) is 1. The van der Waals surface area contributed by atoms with E-state index < -0.39 is 5.97 Å². The van der Waals surface area contributed by atoms with E-state index in [2.05, 4.69) is 27.3 Å². The molecule has 16 heavy (non-hydrogen) atoms. The highest BCUT2D eigenvalue weighted by Crippen LogP contribution is 2.15. The normalized spacial score (nSPS) is 10.8. The van der Waals surface area contributed by atoms with Crippen molar-refractivity contribution in [3.63, 3.8) is 0 Å². The van der Waals surface area contributed by atoms with Gasteiger partial charge < -0.3 is 10.4 Å². The molecule has 0 radical (unpaired) electrons. The molecular weight excluding hydrogens is 270 g/mol. The summed E-state index contributed by atoms with van der Waals surface area (Å²) in [6.45, 7) is 1.41. The van der Waals surface area contributed by atoms with E-state index in [1.165, 1.54) is 5.56 Å². The molecule has 1 rings (SSSR count). The van der Waals surface area contributed by atoms with Gasteiger partial charge in [0.05, 0.1) is 0 Å². The molecule has 0 aliphatic carbocycles. The number of nitrogens with one attached hydrogen (secondary N) is 1. The number of carbonyl (C=O) groups is 1. The van der Waals surface area contributed by atoms with E-state index in [0.29, 0.717) is 6.54 Å². The number of hydrogen-bond donors (Lipinski definition) is 2. The van der Waals surface area contributed by atoms with Gasteiger partial charge in [0.25, 0.3) is 0 Å². The first kappa shape index (κ1) is 12.9. The van der Waals surface area contributed by atoms with Crippen LogP contribution < -0.4 is 5.32 Å². The van der Waals surface area contributed by atoms with Crippen LogP contribution in [0.4, 0.5) is 0 Å². The lowest BCUT2D eigenvalue weighted by Gasteiger charge is -2.04. The Morgan fingerprint density at radius 2 is 2.19 bits per heavy atom. The zero-order valence-electron chi connectivity index (χ0n) is 8.82. The van der Waals surface area contributed by atoms with E-state index in [4.69, 9.17) is 5.11 Å². The van der Waals surface area contributed by atoms with E-state index >= 15 is 0 Å². The van der Waals surface area contributed by atoms with Crippen molar-refractivity contribution in [3.8, 4) is 0 Å². The van der Waals surface area contributed by atoms with Gasteiger partial charge in [-0.1, -0.05) is 40.2 Å². The Morgan fingerprint density at radius 3 is 2.88 bits per heavy atom. The lowest BCUT2D eigenvalue weighted by Crippen LogP contribution is -2.17. The van der Waals surface area contributed by atoms with Crippen LogP contribution in [0.15, 0.2) is 40.9 Å². The molecule has 2 N–H and O–H groups in total. The van der Waals surface area contributed by atoms with Crippen molar-refractivity contribution >= 4 is 21.9 Å². The van der Waals surface area contributed by atoms with Crippen LogP contribution in [0.3, 0.4) is 0 Å². The summed E-state index contributed by atoms with van der Waals surface area (Å²) in [5.74, 6) is -0.910. The highest BCUT2D eigenvalue weighted by molar-refractivity contribution is 9.10. The van der Waals surface area contributed by atoms with Crippen LogP contribution in [0.25, 0.3) is 0 Å². The van der Waals surface area contributed by atoms with Gasteiger partial charge in [0, 0.05) is 17.1 Å². The van der Waals surface area contributed by atoms with Crippen molar-refractivity contribution in [1.82, 2.24) is 5.32 Å². The zero-order chi connectivity index (χ0) is 11.8. The highest BCUT2D eigenvalue weighted by Gasteiger charge is 1.96. The average Bonchev–Trinajstić information content (AvgIpc) is 2.25. The largest absolute Gasteiger partial charge is 0.478 e. The third kappa shape index (κ3) is 5.09. The van der Waals surface area contributed by atoms with Gasteiger partial charge in [-0.05, 0) is 24.6 Å². The Balaban J connectivity index is 2.21. The standard InChI is InChI=1S/C12H14BrNO2/c13-11-5-2-1-4-10(11)7-9-14-8-3-6-12(15)16/h1-6,14H,7-9H2,(H,15,16)/b6-3+. The maximum atomic E-state index is 10.2. The van der Waals surface area contributed by atoms with Crippen LogP contribution in [0.2, 0.25) is 0 Å². The smallest absolute Gasteiger partial charge is 0.328 e. The summed E-state index contributed by atoms with van der Waals surface area (Å²) >= 11 is 3.48. The molecule has 0 saturated heterocycles. The fraction of sp³-hybridized carbons (Fsp3) is 0.250. The summed E-state index contributed by atoms with van der Waals surface area (Å²) < 4.78 is 1.11. The topological polar surface area (TPSA) is 49.3 Å². The minimum Gasteiger partial charge on any atom is -0.478 e. The third-order valence-electron chi connectivity index (χ3n) is 2.05. The Hall–Kier alpha value is -1.13. The van der Waals surface area contributed by atoms with Crippen LogP contribution in [-0.4, -0.2) is 24.2 Å². The number of benzene rings is 1. The molecule has 0 heterocycles. The van der Waals surface area contributed by atoms with Crippen molar-refractivity contribution in [3.05, 3.63) is 46.5 Å².